The molecule has 2 N–H and O–H groups in total. The molecule has 1 amide bonds. The van der Waals surface area contributed by atoms with Crippen molar-refractivity contribution in [3.63, 3.8) is 0 Å². The number of rotatable bonds is 0. The quantitative estimate of drug-likeness (QED) is 0.689. The molecule has 0 unspecified atom stereocenters. The van der Waals surface area contributed by atoms with E-state index in [-0.39, 0.29) is 24.1 Å². The predicted molar refractivity (Wildman–Crippen MR) is 54.5 cm³/mol. The van der Waals surface area contributed by atoms with Gasteiger partial charge in [0.2, 0.25) is 0 Å². The lowest BCUT2D eigenvalue weighted by Gasteiger charge is -2.05. The first-order chi connectivity index (χ1) is 6.29. The van der Waals surface area contributed by atoms with Gasteiger partial charge in [-0.05, 0) is 12.1 Å². The van der Waals surface area contributed by atoms with E-state index in [0.717, 1.165) is 0 Å². The Morgan fingerprint density at radius 2 is 1.93 bits per heavy atom. The van der Waals surface area contributed by atoms with Gasteiger partial charge in [-0.2, -0.15) is 0 Å². The Bertz CT molecular complexity index is 357. The van der Waals surface area contributed by atoms with Gasteiger partial charge in [0.05, 0.1) is 11.3 Å². The number of anilines is 1. The van der Waals surface area contributed by atoms with Gasteiger partial charge in [0.15, 0.2) is 0 Å². The molecule has 0 aromatic heterocycles. The molecule has 1 aliphatic rings. The number of carbonyl (C=O) groups excluding carboxylic acids is 1. The van der Waals surface area contributed by atoms with Crippen LogP contribution in [-0.2, 0) is 0 Å². The van der Waals surface area contributed by atoms with Crippen LogP contribution in [0.2, 0.25) is 0 Å². The number of fused-ring (bicyclic) bond motifs is 1. The number of nitrogens with one attached hydrogen (secondary N) is 2. The molecular weight excluding hydrogens is 207 g/mol. The maximum atomic E-state index is 13.2. The minimum Gasteiger partial charge on any atom is -0.380 e. The fraction of sp³-hybridized carbons (Fsp3) is 0.222. The molecule has 0 aliphatic carbocycles. The van der Waals surface area contributed by atoms with Crippen LogP contribution in [0.5, 0.6) is 0 Å². The minimum absolute atomic E-state index is 0. The summed E-state index contributed by atoms with van der Waals surface area (Å²) in [7, 11) is 0. The van der Waals surface area contributed by atoms with Gasteiger partial charge in [0.25, 0.3) is 5.91 Å². The molecule has 0 atom stereocenters. The van der Waals surface area contributed by atoms with Crippen LogP contribution < -0.4 is 10.6 Å². The third kappa shape index (κ3) is 1.80. The fourth-order valence-corrected chi connectivity index (χ4v) is 1.35. The van der Waals surface area contributed by atoms with Crippen LogP contribution >= 0.6 is 12.4 Å². The second-order valence-corrected chi connectivity index (χ2v) is 2.85. The number of hydrogen-bond donors (Lipinski definition) is 2. The molecule has 0 radical (unpaired) electrons. The number of benzene rings is 1. The molecule has 1 aliphatic heterocycles. The Balaban J connectivity index is 0.000000980. The van der Waals surface area contributed by atoms with Gasteiger partial charge in [0, 0.05) is 13.1 Å². The van der Waals surface area contributed by atoms with Crippen molar-refractivity contribution in [1.29, 1.82) is 0 Å². The van der Waals surface area contributed by atoms with Gasteiger partial charge in [-0.25, -0.2) is 4.39 Å². The highest BCUT2D eigenvalue weighted by Gasteiger charge is 2.16. The van der Waals surface area contributed by atoms with Crippen molar-refractivity contribution in [3.05, 3.63) is 29.6 Å². The highest BCUT2D eigenvalue weighted by atomic mass is 35.5. The first-order valence-electron chi connectivity index (χ1n) is 4.09. The topological polar surface area (TPSA) is 41.1 Å². The summed E-state index contributed by atoms with van der Waals surface area (Å²) < 4.78 is 13.2. The molecule has 0 fully saturated rings. The van der Waals surface area contributed by atoms with Crippen LogP contribution in [0.1, 0.15) is 10.4 Å². The van der Waals surface area contributed by atoms with E-state index < -0.39 is 0 Å². The van der Waals surface area contributed by atoms with Crippen molar-refractivity contribution in [2.24, 2.45) is 0 Å². The second kappa shape index (κ2) is 4.28. The van der Waals surface area contributed by atoms with Crippen molar-refractivity contribution in [1.82, 2.24) is 5.32 Å². The number of halogens is 2. The normalized spacial score (nSPS) is 14.2. The summed E-state index contributed by atoms with van der Waals surface area (Å²) in [6.45, 7) is 1.08. The fourth-order valence-electron chi connectivity index (χ4n) is 1.35. The molecule has 0 bridgehead atoms. The smallest absolute Gasteiger partial charge is 0.253 e. The summed E-state index contributed by atoms with van der Waals surface area (Å²) in [6, 6.07) is 4.47. The minimum atomic E-state index is -0.380. The third-order valence-corrected chi connectivity index (χ3v) is 1.97. The van der Waals surface area contributed by atoms with E-state index in [2.05, 4.69) is 10.6 Å². The molecule has 3 nitrogen and oxygen atoms in total. The highest BCUT2D eigenvalue weighted by Crippen LogP contribution is 2.20. The molecular formula is C9H10ClFN2O. The van der Waals surface area contributed by atoms with Gasteiger partial charge in [-0.1, -0.05) is 6.07 Å². The molecule has 1 heterocycles. The first-order valence-corrected chi connectivity index (χ1v) is 4.09. The van der Waals surface area contributed by atoms with E-state index in [0.29, 0.717) is 24.3 Å². The SMILES string of the molecule is Cl.O=C1NCCNc2c(F)cccc21. The van der Waals surface area contributed by atoms with Crippen LogP contribution in [-0.4, -0.2) is 19.0 Å². The molecule has 1 aromatic carbocycles. The zero-order valence-electron chi connectivity index (χ0n) is 7.34. The summed E-state index contributed by atoms with van der Waals surface area (Å²) in [5.41, 5.74) is 0.676. The monoisotopic (exact) mass is 216 g/mol. The average molecular weight is 217 g/mol. The van der Waals surface area contributed by atoms with Crippen molar-refractivity contribution in [2.45, 2.75) is 0 Å². The van der Waals surface area contributed by atoms with Crippen molar-refractivity contribution >= 4 is 24.0 Å². The lowest BCUT2D eigenvalue weighted by Crippen LogP contribution is -2.24. The zero-order chi connectivity index (χ0) is 9.26. The van der Waals surface area contributed by atoms with Crippen LogP contribution in [0.15, 0.2) is 18.2 Å². The number of hydrogen-bond acceptors (Lipinski definition) is 2. The average Bonchev–Trinajstić information content (AvgIpc) is 2.30. The Morgan fingerprint density at radius 1 is 1.21 bits per heavy atom. The second-order valence-electron chi connectivity index (χ2n) is 2.85. The Labute approximate surface area is 87.1 Å². The largest absolute Gasteiger partial charge is 0.380 e. The van der Waals surface area contributed by atoms with E-state index in [9.17, 15) is 9.18 Å². The van der Waals surface area contributed by atoms with E-state index >= 15 is 0 Å². The predicted octanol–water partition coefficient (Wildman–Crippen LogP) is 1.40. The number of carbonyl (C=O) groups is 1. The van der Waals surface area contributed by atoms with Crippen LogP contribution in [0.25, 0.3) is 0 Å². The Kier molecular flexibility index (Phi) is 3.30. The van der Waals surface area contributed by atoms with Gasteiger partial charge in [-0.15, -0.1) is 12.4 Å². The van der Waals surface area contributed by atoms with Crippen LogP contribution in [0, 0.1) is 5.82 Å². The summed E-state index contributed by atoms with van der Waals surface area (Å²) in [4.78, 5) is 11.3. The Morgan fingerprint density at radius 3 is 2.71 bits per heavy atom. The summed E-state index contributed by atoms with van der Waals surface area (Å²) in [6.07, 6.45) is 0. The molecule has 0 saturated heterocycles. The van der Waals surface area contributed by atoms with Crippen LogP contribution in [0.3, 0.4) is 0 Å². The molecule has 76 valence electrons. The molecule has 0 spiro atoms. The third-order valence-electron chi connectivity index (χ3n) is 1.97. The van der Waals surface area contributed by atoms with E-state index in [1.165, 1.54) is 12.1 Å². The van der Waals surface area contributed by atoms with E-state index in [1.54, 1.807) is 6.07 Å². The molecule has 5 heteroatoms. The number of amides is 1. The number of para-hydroxylation sites is 1. The van der Waals surface area contributed by atoms with Crippen molar-refractivity contribution in [2.75, 3.05) is 18.4 Å². The van der Waals surface area contributed by atoms with Crippen molar-refractivity contribution < 1.29 is 9.18 Å². The van der Waals surface area contributed by atoms with Gasteiger partial charge in [-0.3, -0.25) is 4.79 Å². The van der Waals surface area contributed by atoms with Gasteiger partial charge in [0.1, 0.15) is 5.82 Å². The van der Waals surface area contributed by atoms with Gasteiger partial charge < -0.3 is 10.6 Å². The summed E-state index contributed by atoms with van der Waals surface area (Å²) >= 11 is 0. The summed E-state index contributed by atoms with van der Waals surface area (Å²) in [5.74, 6) is -0.603. The summed E-state index contributed by atoms with van der Waals surface area (Å²) in [5, 5.41) is 5.53. The maximum absolute atomic E-state index is 13.2. The lowest BCUT2D eigenvalue weighted by atomic mass is 10.1. The molecule has 1 aromatic rings. The molecule has 0 saturated carbocycles. The van der Waals surface area contributed by atoms with Crippen LogP contribution in [0.4, 0.5) is 10.1 Å². The van der Waals surface area contributed by atoms with Gasteiger partial charge >= 0.3 is 0 Å². The Hall–Kier alpha value is -1.29. The zero-order valence-corrected chi connectivity index (χ0v) is 8.16. The first kappa shape index (κ1) is 10.8. The maximum Gasteiger partial charge on any atom is 0.253 e. The standard InChI is InChI=1S/C9H9FN2O.ClH/c10-7-3-1-2-6-8(7)11-4-5-12-9(6)13;/h1-3,11H,4-5H2,(H,12,13);1H. The van der Waals surface area contributed by atoms with E-state index in [1.807, 2.05) is 0 Å². The highest BCUT2D eigenvalue weighted by molar-refractivity contribution is 6.00. The van der Waals surface area contributed by atoms with Crippen molar-refractivity contribution in [3.8, 4) is 0 Å². The molecule has 14 heavy (non-hydrogen) atoms. The van der Waals surface area contributed by atoms with E-state index in [4.69, 9.17) is 0 Å². The molecule has 2 rings (SSSR count). The lowest BCUT2D eigenvalue weighted by molar-refractivity contribution is 0.0957.